The summed E-state index contributed by atoms with van der Waals surface area (Å²) in [5.74, 6) is 1.10. The molecular formula is C25H23FN4O. The van der Waals surface area contributed by atoms with Crippen LogP contribution < -0.4 is 10.1 Å². The zero-order valence-corrected chi connectivity index (χ0v) is 17.5. The van der Waals surface area contributed by atoms with Crippen LogP contribution in [0.2, 0.25) is 0 Å². The van der Waals surface area contributed by atoms with Gasteiger partial charge in [-0.2, -0.15) is 0 Å². The van der Waals surface area contributed by atoms with E-state index in [1.54, 1.807) is 12.3 Å². The van der Waals surface area contributed by atoms with Gasteiger partial charge >= 0.3 is 0 Å². The number of benzene rings is 1. The van der Waals surface area contributed by atoms with Crippen LogP contribution in [0.15, 0.2) is 79.9 Å². The highest BCUT2D eigenvalue weighted by Crippen LogP contribution is 2.31. The summed E-state index contributed by atoms with van der Waals surface area (Å²) in [6, 6.07) is 14.7. The highest BCUT2D eigenvalue weighted by Gasteiger charge is 2.10. The van der Waals surface area contributed by atoms with Crippen LogP contribution in [0.5, 0.6) is 11.5 Å². The molecule has 0 saturated heterocycles. The predicted octanol–water partition coefficient (Wildman–Crippen LogP) is 5.48. The van der Waals surface area contributed by atoms with E-state index in [-0.39, 0.29) is 5.82 Å². The Morgan fingerprint density at radius 3 is 2.77 bits per heavy atom. The Kier molecular flexibility index (Phi) is 5.80. The van der Waals surface area contributed by atoms with E-state index in [4.69, 9.17) is 4.74 Å². The number of aromatic nitrogens is 3. The third-order valence-electron chi connectivity index (χ3n) is 4.97. The lowest BCUT2D eigenvalue weighted by Crippen LogP contribution is -2.13. The zero-order valence-electron chi connectivity index (χ0n) is 17.5. The van der Waals surface area contributed by atoms with Crippen molar-refractivity contribution in [3.8, 4) is 22.8 Å². The van der Waals surface area contributed by atoms with E-state index in [1.165, 1.54) is 12.3 Å². The molecule has 1 aromatic carbocycles. The number of hydrogen-bond acceptors (Lipinski definition) is 4. The van der Waals surface area contributed by atoms with E-state index in [1.807, 2.05) is 67.3 Å². The molecular weight excluding hydrogens is 391 g/mol. The zero-order chi connectivity index (χ0) is 21.8. The van der Waals surface area contributed by atoms with Crippen LogP contribution >= 0.6 is 0 Å². The maximum absolute atomic E-state index is 13.0. The Labute approximate surface area is 180 Å². The molecule has 0 saturated carbocycles. The van der Waals surface area contributed by atoms with Gasteiger partial charge in [-0.1, -0.05) is 18.7 Å². The van der Waals surface area contributed by atoms with Crippen molar-refractivity contribution < 1.29 is 9.13 Å². The fraction of sp³-hybridized carbons (Fsp3) is 0.120. The van der Waals surface area contributed by atoms with Crippen molar-refractivity contribution >= 4 is 5.70 Å². The van der Waals surface area contributed by atoms with Crippen molar-refractivity contribution in [3.05, 3.63) is 103 Å². The van der Waals surface area contributed by atoms with E-state index >= 15 is 0 Å². The molecule has 0 bridgehead atoms. The fourth-order valence-corrected chi connectivity index (χ4v) is 3.27. The van der Waals surface area contributed by atoms with Crippen molar-refractivity contribution in [1.29, 1.82) is 0 Å². The van der Waals surface area contributed by atoms with Crippen LogP contribution in [0.3, 0.4) is 0 Å². The lowest BCUT2D eigenvalue weighted by molar-refractivity contribution is 0.478. The summed E-state index contributed by atoms with van der Waals surface area (Å²) in [4.78, 5) is 8.51. The van der Waals surface area contributed by atoms with Gasteiger partial charge in [-0.3, -0.25) is 9.97 Å². The van der Waals surface area contributed by atoms with Gasteiger partial charge in [0.05, 0.1) is 24.1 Å². The van der Waals surface area contributed by atoms with Crippen molar-refractivity contribution in [3.63, 3.8) is 0 Å². The van der Waals surface area contributed by atoms with Crippen molar-refractivity contribution in [1.82, 2.24) is 19.9 Å². The van der Waals surface area contributed by atoms with Gasteiger partial charge in [0.2, 0.25) is 0 Å². The van der Waals surface area contributed by atoms with E-state index in [2.05, 4.69) is 21.9 Å². The van der Waals surface area contributed by atoms with Gasteiger partial charge in [-0.15, -0.1) is 0 Å². The molecule has 0 aliphatic rings. The summed E-state index contributed by atoms with van der Waals surface area (Å²) in [5, 5.41) is 3.25. The summed E-state index contributed by atoms with van der Waals surface area (Å²) >= 11 is 0. The molecule has 6 heteroatoms. The Morgan fingerprint density at radius 2 is 2.03 bits per heavy atom. The molecule has 4 aromatic rings. The Balaban J connectivity index is 1.50. The molecule has 0 atom stereocenters. The first-order chi connectivity index (χ1) is 15.0. The second-order valence-corrected chi connectivity index (χ2v) is 7.27. The van der Waals surface area contributed by atoms with E-state index in [0.717, 1.165) is 39.5 Å². The number of ether oxygens (including phenoxy) is 1. The minimum atomic E-state index is -0.352. The third kappa shape index (κ3) is 4.80. The smallest absolute Gasteiger partial charge is 0.141 e. The maximum Gasteiger partial charge on any atom is 0.141 e. The van der Waals surface area contributed by atoms with Gasteiger partial charge in [-0.05, 0) is 37.3 Å². The SMILES string of the molecule is C=C(NCc1ccc(F)cn1)c1cccc(Oc2ccnc(-c3ccn(C)c3)c2)c1C. The average Bonchev–Trinajstić information content (AvgIpc) is 3.21. The molecule has 5 nitrogen and oxygen atoms in total. The minimum absolute atomic E-state index is 0.352. The number of nitrogens with zero attached hydrogens (tertiary/aromatic N) is 3. The Hall–Kier alpha value is -3.93. The van der Waals surface area contributed by atoms with Crippen molar-refractivity contribution in [2.24, 2.45) is 7.05 Å². The highest BCUT2D eigenvalue weighted by molar-refractivity contribution is 5.67. The lowest BCUT2D eigenvalue weighted by Gasteiger charge is -2.16. The molecule has 3 heterocycles. The molecule has 0 fully saturated rings. The summed E-state index contributed by atoms with van der Waals surface area (Å²) in [5.41, 5.74) is 5.27. The molecule has 31 heavy (non-hydrogen) atoms. The van der Waals surface area contributed by atoms with Crippen LogP contribution in [-0.2, 0) is 13.6 Å². The lowest BCUT2D eigenvalue weighted by atomic mass is 10.1. The first-order valence-corrected chi connectivity index (χ1v) is 9.89. The molecule has 156 valence electrons. The molecule has 0 amide bonds. The molecule has 0 spiro atoms. The van der Waals surface area contributed by atoms with Crippen LogP contribution in [0.1, 0.15) is 16.8 Å². The van der Waals surface area contributed by atoms with Gasteiger partial charge in [0.15, 0.2) is 0 Å². The van der Waals surface area contributed by atoms with E-state index < -0.39 is 0 Å². The maximum atomic E-state index is 13.0. The van der Waals surface area contributed by atoms with Crippen LogP contribution in [0.4, 0.5) is 4.39 Å². The van der Waals surface area contributed by atoms with Gasteiger partial charge in [0.1, 0.15) is 17.3 Å². The van der Waals surface area contributed by atoms with Gasteiger partial charge < -0.3 is 14.6 Å². The third-order valence-corrected chi connectivity index (χ3v) is 4.97. The quantitative estimate of drug-likeness (QED) is 0.435. The van der Waals surface area contributed by atoms with E-state index in [9.17, 15) is 4.39 Å². The van der Waals surface area contributed by atoms with Gasteiger partial charge in [0, 0.05) is 54.1 Å². The summed E-state index contributed by atoms with van der Waals surface area (Å²) < 4.78 is 21.2. The molecule has 4 rings (SSSR count). The molecule has 0 aliphatic heterocycles. The highest BCUT2D eigenvalue weighted by atomic mass is 19.1. The van der Waals surface area contributed by atoms with Gasteiger partial charge in [-0.25, -0.2) is 4.39 Å². The minimum Gasteiger partial charge on any atom is -0.457 e. The van der Waals surface area contributed by atoms with Crippen LogP contribution in [0, 0.1) is 12.7 Å². The summed E-state index contributed by atoms with van der Waals surface area (Å²) in [6.07, 6.45) is 6.95. The topological polar surface area (TPSA) is 52.0 Å². The standard InChI is InChI=1S/C25H23FN4O/c1-17-23(18(2)28-15-21-8-7-20(26)14-29-21)5-4-6-25(17)31-22-9-11-27-24(13-22)19-10-12-30(3)16-19/h4-14,16,28H,2,15H2,1,3H3. The Morgan fingerprint density at radius 1 is 1.16 bits per heavy atom. The molecule has 0 aliphatic carbocycles. The second-order valence-electron chi connectivity index (χ2n) is 7.27. The Bertz CT molecular complexity index is 1210. The van der Waals surface area contributed by atoms with Crippen molar-refractivity contribution in [2.45, 2.75) is 13.5 Å². The number of aryl methyl sites for hydroxylation is 1. The molecule has 3 aromatic heterocycles. The van der Waals surface area contributed by atoms with E-state index in [0.29, 0.717) is 12.3 Å². The monoisotopic (exact) mass is 414 g/mol. The normalized spacial score (nSPS) is 10.7. The number of nitrogens with one attached hydrogen (secondary N) is 1. The van der Waals surface area contributed by atoms with Gasteiger partial charge in [0.25, 0.3) is 0 Å². The summed E-state index contributed by atoms with van der Waals surface area (Å²) in [7, 11) is 1.98. The average molecular weight is 414 g/mol. The molecule has 0 unspecified atom stereocenters. The van der Waals surface area contributed by atoms with Crippen LogP contribution in [-0.4, -0.2) is 14.5 Å². The summed E-state index contributed by atoms with van der Waals surface area (Å²) in [6.45, 7) is 6.59. The molecule has 0 radical (unpaired) electrons. The second kappa shape index (κ2) is 8.83. The number of hydrogen-bond donors (Lipinski definition) is 1. The first kappa shape index (κ1) is 20.3. The number of pyridine rings is 2. The fourth-order valence-electron chi connectivity index (χ4n) is 3.27. The number of halogens is 1. The number of rotatable bonds is 7. The largest absolute Gasteiger partial charge is 0.457 e. The van der Waals surface area contributed by atoms with Crippen LogP contribution in [0.25, 0.3) is 17.0 Å². The first-order valence-electron chi connectivity index (χ1n) is 9.89. The van der Waals surface area contributed by atoms with Crippen molar-refractivity contribution in [2.75, 3.05) is 0 Å². The molecule has 1 N–H and O–H groups in total. The predicted molar refractivity (Wildman–Crippen MR) is 120 cm³/mol.